The van der Waals surface area contributed by atoms with Gasteiger partial charge in [0.05, 0.1) is 17.2 Å². The van der Waals surface area contributed by atoms with Crippen molar-refractivity contribution < 1.29 is 17.9 Å². The van der Waals surface area contributed by atoms with Gasteiger partial charge in [0.2, 0.25) is 10.0 Å². The number of sulfonamides is 1. The second-order valence-corrected chi connectivity index (χ2v) is 7.47. The first-order valence-electron chi connectivity index (χ1n) is 6.76. The normalized spacial score (nSPS) is 11.3. The molecule has 0 heterocycles. The molecular weight excluding hydrogens is 397 g/mol. The molecular formula is C15H14Cl3NO4S. The van der Waals surface area contributed by atoms with Crippen molar-refractivity contribution >= 4 is 44.8 Å². The topological polar surface area (TPSA) is 64.6 Å². The van der Waals surface area contributed by atoms with E-state index in [-0.39, 0.29) is 28.1 Å². The fraction of sp³-hybridized carbons (Fsp3) is 0.200. The molecule has 0 amide bonds. The summed E-state index contributed by atoms with van der Waals surface area (Å²) in [6.07, 6.45) is 0. The van der Waals surface area contributed by atoms with Gasteiger partial charge >= 0.3 is 0 Å². The fourth-order valence-corrected chi connectivity index (χ4v) is 3.90. The van der Waals surface area contributed by atoms with Crippen molar-refractivity contribution in [1.29, 1.82) is 0 Å². The van der Waals surface area contributed by atoms with Crippen LogP contribution in [0.1, 0.15) is 0 Å². The van der Waals surface area contributed by atoms with Gasteiger partial charge in [0.25, 0.3) is 0 Å². The summed E-state index contributed by atoms with van der Waals surface area (Å²) in [6, 6.07) is 9.67. The Morgan fingerprint density at radius 1 is 1.00 bits per heavy atom. The van der Waals surface area contributed by atoms with Crippen LogP contribution in [-0.4, -0.2) is 28.7 Å². The number of hydrogen-bond donors (Lipinski definition) is 1. The summed E-state index contributed by atoms with van der Waals surface area (Å²) in [5.41, 5.74) is 0. The van der Waals surface area contributed by atoms with Gasteiger partial charge in [-0.1, -0.05) is 46.9 Å². The molecule has 0 fully saturated rings. The van der Waals surface area contributed by atoms with Gasteiger partial charge in [0.1, 0.15) is 28.0 Å². The predicted molar refractivity (Wildman–Crippen MR) is 95.1 cm³/mol. The smallest absolute Gasteiger partial charge is 0.242 e. The van der Waals surface area contributed by atoms with E-state index in [2.05, 4.69) is 4.72 Å². The molecule has 0 radical (unpaired) electrons. The van der Waals surface area contributed by atoms with E-state index in [4.69, 9.17) is 44.3 Å². The molecule has 0 saturated carbocycles. The molecule has 2 aromatic rings. The van der Waals surface area contributed by atoms with Gasteiger partial charge in [-0.15, -0.1) is 0 Å². The summed E-state index contributed by atoms with van der Waals surface area (Å²) in [6.45, 7) is 0.137. The minimum absolute atomic E-state index is 0.0353. The zero-order valence-corrected chi connectivity index (χ0v) is 15.6. The molecule has 0 atom stereocenters. The first-order valence-corrected chi connectivity index (χ1v) is 9.37. The maximum atomic E-state index is 12.3. The van der Waals surface area contributed by atoms with Crippen molar-refractivity contribution in [2.75, 3.05) is 20.3 Å². The maximum Gasteiger partial charge on any atom is 0.242 e. The summed E-state index contributed by atoms with van der Waals surface area (Å²) in [4.78, 5) is -0.132. The Kier molecular flexibility index (Phi) is 6.60. The highest BCUT2D eigenvalue weighted by molar-refractivity contribution is 7.89. The monoisotopic (exact) mass is 409 g/mol. The van der Waals surface area contributed by atoms with Crippen LogP contribution in [0.2, 0.25) is 15.1 Å². The minimum atomic E-state index is -3.84. The largest absolute Gasteiger partial charge is 0.495 e. The Balaban J connectivity index is 2.02. The molecule has 0 unspecified atom stereocenters. The van der Waals surface area contributed by atoms with E-state index in [9.17, 15) is 8.42 Å². The van der Waals surface area contributed by atoms with Crippen molar-refractivity contribution in [3.8, 4) is 11.5 Å². The summed E-state index contributed by atoms with van der Waals surface area (Å²) in [5.74, 6) is 0.770. The molecule has 1 N–H and O–H groups in total. The highest BCUT2D eigenvalue weighted by atomic mass is 35.5. The van der Waals surface area contributed by atoms with Crippen LogP contribution in [0.5, 0.6) is 11.5 Å². The molecule has 24 heavy (non-hydrogen) atoms. The maximum absolute atomic E-state index is 12.3. The summed E-state index contributed by atoms with van der Waals surface area (Å²) < 4.78 is 37.4. The minimum Gasteiger partial charge on any atom is -0.495 e. The first kappa shape index (κ1) is 19.1. The van der Waals surface area contributed by atoms with Crippen molar-refractivity contribution in [3.63, 3.8) is 0 Å². The Bertz CT molecular complexity index is 827. The second kappa shape index (κ2) is 8.27. The number of hydrogen-bond acceptors (Lipinski definition) is 4. The summed E-state index contributed by atoms with van der Waals surface area (Å²) in [7, 11) is -2.43. The van der Waals surface area contributed by atoms with Crippen LogP contribution in [0.4, 0.5) is 0 Å². The number of rotatable bonds is 7. The van der Waals surface area contributed by atoms with Gasteiger partial charge in [-0.2, -0.15) is 0 Å². The van der Waals surface area contributed by atoms with Gasteiger partial charge < -0.3 is 9.47 Å². The van der Waals surface area contributed by atoms with Crippen molar-refractivity contribution in [3.05, 3.63) is 51.5 Å². The highest BCUT2D eigenvalue weighted by Crippen LogP contribution is 2.36. The lowest BCUT2D eigenvalue weighted by molar-refractivity contribution is 0.323. The fourth-order valence-electron chi connectivity index (χ4n) is 1.86. The lowest BCUT2D eigenvalue weighted by Gasteiger charge is -2.12. The lowest BCUT2D eigenvalue weighted by atomic mass is 10.3. The van der Waals surface area contributed by atoms with Crippen LogP contribution in [0.3, 0.4) is 0 Å². The molecule has 0 spiro atoms. The molecule has 0 aliphatic carbocycles. The highest BCUT2D eigenvalue weighted by Gasteiger charge is 2.21. The molecule has 2 aromatic carbocycles. The molecule has 0 aliphatic rings. The third kappa shape index (κ3) is 4.46. The van der Waals surface area contributed by atoms with Gasteiger partial charge in [-0.05, 0) is 24.3 Å². The van der Waals surface area contributed by atoms with E-state index in [1.165, 1.54) is 19.2 Å². The molecule has 130 valence electrons. The van der Waals surface area contributed by atoms with Crippen LogP contribution in [0.25, 0.3) is 0 Å². The van der Waals surface area contributed by atoms with Crippen LogP contribution >= 0.6 is 34.8 Å². The Hall–Kier alpha value is -1.18. The molecule has 0 aliphatic heterocycles. The van der Waals surface area contributed by atoms with Gasteiger partial charge in [0.15, 0.2) is 0 Å². The first-order chi connectivity index (χ1) is 11.4. The average molecular weight is 411 g/mol. The van der Waals surface area contributed by atoms with Gasteiger partial charge in [-0.25, -0.2) is 13.1 Å². The molecule has 9 heteroatoms. The lowest BCUT2D eigenvalue weighted by Crippen LogP contribution is -2.28. The molecule has 5 nitrogen and oxygen atoms in total. The second-order valence-electron chi connectivity index (χ2n) is 4.57. The standard InChI is InChI=1S/C15H14Cl3NO4S/c1-22-12-6-7-13(15(18)14(12)17)24(20,21)19-8-9-23-11-5-3-2-4-10(11)16/h2-7,19H,8-9H2,1H3. The Labute approximate surface area is 155 Å². The third-order valence-electron chi connectivity index (χ3n) is 3.01. The quantitative estimate of drug-likeness (QED) is 0.700. The zero-order valence-electron chi connectivity index (χ0n) is 12.6. The number of benzene rings is 2. The molecule has 0 saturated heterocycles. The Morgan fingerprint density at radius 2 is 1.71 bits per heavy atom. The third-order valence-corrected chi connectivity index (χ3v) is 5.80. The zero-order chi connectivity index (χ0) is 17.7. The number of ether oxygens (including phenoxy) is 2. The predicted octanol–water partition coefficient (Wildman–Crippen LogP) is 4.01. The van der Waals surface area contributed by atoms with E-state index in [0.29, 0.717) is 16.5 Å². The number of methoxy groups -OCH3 is 1. The van der Waals surface area contributed by atoms with Gasteiger partial charge in [0, 0.05) is 6.54 Å². The van der Waals surface area contributed by atoms with Crippen LogP contribution in [0.15, 0.2) is 41.3 Å². The Morgan fingerprint density at radius 3 is 2.38 bits per heavy atom. The van der Waals surface area contributed by atoms with E-state index < -0.39 is 10.0 Å². The number of halogens is 3. The van der Waals surface area contributed by atoms with E-state index in [0.717, 1.165) is 0 Å². The average Bonchev–Trinajstić information content (AvgIpc) is 2.55. The van der Waals surface area contributed by atoms with E-state index >= 15 is 0 Å². The number of para-hydroxylation sites is 1. The molecule has 2 rings (SSSR count). The van der Waals surface area contributed by atoms with Crippen molar-refractivity contribution in [2.24, 2.45) is 0 Å². The van der Waals surface area contributed by atoms with Crippen LogP contribution < -0.4 is 14.2 Å². The van der Waals surface area contributed by atoms with Crippen LogP contribution in [0, 0.1) is 0 Å². The van der Waals surface area contributed by atoms with Crippen LogP contribution in [-0.2, 0) is 10.0 Å². The van der Waals surface area contributed by atoms with Crippen molar-refractivity contribution in [2.45, 2.75) is 4.90 Å². The molecule has 0 bridgehead atoms. The van der Waals surface area contributed by atoms with E-state index in [1.807, 2.05) is 0 Å². The van der Waals surface area contributed by atoms with Gasteiger partial charge in [-0.3, -0.25) is 0 Å². The summed E-state index contributed by atoms with van der Waals surface area (Å²) in [5, 5.41) is 0.384. The summed E-state index contributed by atoms with van der Waals surface area (Å²) >= 11 is 17.9. The molecule has 0 aromatic heterocycles. The van der Waals surface area contributed by atoms with Crippen molar-refractivity contribution in [1.82, 2.24) is 4.72 Å². The SMILES string of the molecule is COc1ccc(S(=O)(=O)NCCOc2ccccc2Cl)c(Cl)c1Cl. The number of nitrogens with one attached hydrogen (secondary N) is 1. The van der Waals surface area contributed by atoms with E-state index in [1.54, 1.807) is 24.3 Å².